The molecule has 8 nitrogen and oxygen atoms in total. The van der Waals surface area contributed by atoms with Crippen LogP contribution in [0.1, 0.15) is 34.6 Å². The molecular formula is C18H30O8. The van der Waals surface area contributed by atoms with Crippen LogP contribution in [0.3, 0.4) is 0 Å². The molecule has 1 aromatic carbocycles. The summed E-state index contributed by atoms with van der Waals surface area (Å²) in [5.74, 6) is -1.02. The van der Waals surface area contributed by atoms with Crippen molar-refractivity contribution in [2.75, 3.05) is 53.9 Å². The number of ether oxygens (including phenoxy) is 4. The van der Waals surface area contributed by atoms with Crippen LogP contribution in [0, 0.1) is 0 Å². The normalized spacial score (nSPS) is 9.15. The second-order valence-corrected chi connectivity index (χ2v) is 4.45. The number of carbonyl (C=O) groups excluding carboxylic acids is 2. The van der Waals surface area contributed by atoms with Gasteiger partial charge in [-0.1, -0.05) is 12.1 Å². The van der Waals surface area contributed by atoms with Crippen LogP contribution < -0.4 is 0 Å². The molecular weight excluding hydrogens is 344 g/mol. The van der Waals surface area contributed by atoms with E-state index >= 15 is 0 Å². The lowest BCUT2D eigenvalue weighted by atomic mass is 10.1. The van der Waals surface area contributed by atoms with Crippen molar-refractivity contribution in [2.24, 2.45) is 0 Å². The molecule has 0 spiro atoms. The fourth-order valence-electron chi connectivity index (χ4n) is 1.49. The number of methoxy groups -OCH3 is 1. The molecule has 0 saturated heterocycles. The van der Waals surface area contributed by atoms with Crippen molar-refractivity contribution in [3.05, 3.63) is 35.4 Å². The molecule has 0 aliphatic rings. The van der Waals surface area contributed by atoms with Crippen molar-refractivity contribution in [2.45, 2.75) is 13.8 Å². The van der Waals surface area contributed by atoms with Crippen molar-refractivity contribution in [1.29, 1.82) is 0 Å². The fraction of sp³-hybridized carbons (Fsp3) is 0.556. The summed E-state index contributed by atoms with van der Waals surface area (Å²) < 4.78 is 18.6. The van der Waals surface area contributed by atoms with Crippen LogP contribution in [0.25, 0.3) is 0 Å². The minimum absolute atomic E-state index is 0.0278. The third-order valence-corrected chi connectivity index (χ3v) is 2.39. The predicted molar refractivity (Wildman–Crippen MR) is 96.3 cm³/mol. The van der Waals surface area contributed by atoms with E-state index in [0.717, 1.165) is 0 Å². The van der Waals surface area contributed by atoms with Gasteiger partial charge in [0.1, 0.15) is 0 Å². The quantitative estimate of drug-likeness (QED) is 0.517. The molecule has 150 valence electrons. The smallest absolute Gasteiger partial charge is 0.338 e. The van der Waals surface area contributed by atoms with E-state index in [-0.39, 0.29) is 37.6 Å². The van der Waals surface area contributed by atoms with E-state index in [2.05, 4.69) is 9.47 Å². The van der Waals surface area contributed by atoms with Crippen molar-refractivity contribution in [3.8, 4) is 0 Å². The van der Waals surface area contributed by atoms with Gasteiger partial charge >= 0.3 is 11.9 Å². The fourth-order valence-corrected chi connectivity index (χ4v) is 1.49. The molecule has 1 rings (SSSR count). The summed E-state index contributed by atoms with van der Waals surface area (Å²) in [5.41, 5.74) is 0.477. The van der Waals surface area contributed by atoms with Crippen LogP contribution in [-0.2, 0) is 18.9 Å². The first-order valence-corrected chi connectivity index (χ1v) is 8.16. The summed E-state index contributed by atoms with van der Waals surface area (Å²) in [6.07, 6.45) is 0. The van der Waals surface area contributed by atoms with Gasteiger partial charge in [-0.05, 0) is 26.0 Å². The van der Waals surface area contributed by atoms with E-state index < -0.39 is 11.9 Å². The van der Waals surface area contributed by atoms with Gasteiger partial charge in [-0.2, -0.15) is 0 Å². The van der Waals surface area contributed by atoms with E-state index in [1.807, 2.05) is 0 Å². The Bertz CT molecular complexity index is 435. The third-order valence-electron chi connectivity index (χ3n) is 2.39. The van der Waals surface area contributed by atoms with E-state index in [1.54, 1.807) is 52.3 Å². The summed E-state index contributed by atoms with van der Waals surface area (Å²) in [5, 5.41) is 16.2. The Morgan fingerprint density at radius 2 is 1.19 bits per heavy atom. The summed E-state index contributed by atoms with van der Waals surface area (Å²) in [7, 11) is 3.25. The second kappa shape index (κ2) is 19.3. The SMILES string of the molecule is CCOC(=O)c1ccccc1C(=O)OCC.COC.OCCOCCO. The molecule has 0 aromatic heterocycles. The maximum Gasteiger partial charge on any atom is 0.338 e. The van der Waals surface area contributed by atoms with E-state index in [4.69, 9.17) is 19.7 Å². The molecule has 0 heterocycles. The highest BCUT2D eigenvalue weighted by Crippen LogP contribution is 2.11. The molecule has 0 aliphatic heterocycles. The third kappa shape index (κ3) is 13.3. The molecule has 0 unspecified atom stereocenters. The molecule has 8 heteroatoms. The maximum absolute atomic E-state index is 11.5. The Hall–Kier alpha value is -2.00. The predicted octanol–water partition coefficient (Wildman–Crippen LogP) is 1.29. The largest absolute Gasteiger partial charge is 0.462 e. The number of carbonyl (C=O) groups is 2. The topological polar surface area (TPSA) is 112 Å². The van der Waals surface area contributed by atoms with Crippen molar-refractivity contribution >= 4 is 11.9 Å². The Morgan fingerprint density at radius 1 is 0.846 bits per heavy atom. The Morgan fingerprint density at radius 3 is 1.46 bits per heavy atom. The molecule has 0 fully saturated rings. The van der Waals surface area contributed by atoms with Crippen molar-refractivity contribution < 1.29 is 38.7 Å². The summed E-state index contributed by atoms with van der Waals surface area (Å²) in [4.78, 5) is 23.1. The number of benzene rings is 1. The minimum atomic E-state index is -0.508. The first-order valence-electron chi connectivity index (χ1n) is 8.16. The molecule has 0 atom stereocenters. The molecule has 0 amide bonds. The average molecular weight is 374 g/mol. The molecule has 26 heavy (non-hydrogen) atoms. The molecule has 1 aromatic rings. The minimum Gasteiger partial charge on any atom is -0.462 e. The van der Waals surface area contributed by atoms with Crippen LogP contribution >= 0.6 is 0 Å². The van der Waals surface area contributed by atoms with Gasteiger partial charge in [0.15, 0.2) is 0 Å². The zero-order valence-corrected chi connectivity index (χ0v) is 15.9. The van der Waals surface area contributed by atoms with E-state index in [1.165, 1.54) is 0 Å². The lowest BCUT2D eigenvalue weighted by Gasteiger charge is -2.07. The van der Waals surface area contributed by atoms with E-state index in [0.29, 0.717) is 13.2 Å². The number of esters is 2. The van der Waals surface area contributed by atoms with Crippen LogP contribution in [0.4, 0.5) is 0 Å². The lowest BCUT2D eigenvalue weighted by Crippen LogP contribution is -2.13. The van der Waals surface area contributed by atoms with Gasteiger partial charge in [0.05, 0.1) is 50.8 Å². The highest BCUT2D eigenvalue weighted by molar-refractivity contribution is 6.03. The number of aliphatic hydroxyl groups is 2. The zero-order chi connectivity index (χ0) is 20.2. The Labute approximate surface area is 154 Å². The highest BCUT2D eigenvalue weighted by Gasteiger charge is 2.17. The van der Waals surface area contributed by atoms with Crippen LogP contribution in [-0.4, -0.2) is 76.0 Å². The first kappa shape index (κ1) is 26.2. The van der Waals surface area contributed by atoms with Crippen molar-refractivity contribution in [1.82, 2.24) is 0 Å². The van der Waals surface area contributed by atoms with Gasteiger partial charge in [0.2, 0.25) is 0 Å². The highest BCUT2D eigenvalue weighted by atomic mass is 16.5. The van der Waals surface area contributed by atoms with E-state index in [9.17, 15) is 9.59 Å². The summed E-state index contributed by atoms with van der Waals surface area (Å²) >= 11 is 0. The zero-order valence-electron chi connectivity index (χ0n) is 15.9. The van der Waals surface area contributed by atoms with Gasteiger partial charge < -0.3 is 29.2 Å². The Balaban J connectivity index is 0. The standard InChI is InChI=1S/C12H14O4.C4H10O3.C2H6O/c1-3-15-11(13)9-7-5-6-8-10(9)12(14)16-4-2;5-1-3-7-4-2-6;1-3-2/h5-8H,3-4H2,1-2H3;5-6H,1-4H2;1-2H3. The molecule has 0 aliphatic carbocycles. The molecule has 2 N–H and O–H groups in total. The van der Waals surface area contributed by atoms with Gasteiger partial charge in [0.25, 0.3) is 0 Å². The summed E-state index contributed by atoms with van der Waals surface area (Å²) in [6.45, 7) is 4.67. The van der Waals surface area contributed by atoms with Crippen LogP contribution in [0.2, 0.25) is 0 Å². The second-order valence-electron chi connectivity index (χ2n) is 4.45. The van der Waals surface area contributed by atoms with Crippen LogP contribution in [0.15, 0.2) is 24.3 Å². The monoisotopic (exact) mass is 374 g/mol. The van der Waals surface area contributed by atoms with Gasteiger partial charge in [-0.25, -0.2) is 9.59 Å². The molecule has 0 bridgehead atoms. The molecule has 0 radical (unpaired) electrons. The maximum atomic E-state index is 11.5. The Kier molecular flexibility index (Phi) is 19.5. The first-order chi connectivity index (χ1) is 12.5. The number of rotatable bonds is 8. The summed E-state index contributed by atoms with van der Waals surface area (Å²) in [6, 6.07) is 6.44. The number of aliphatic hydroxyl groups excluding tert-OH is 2. The van der Waals surface area contributed by atoms with Gasteiger partial charge in [0, 0.05) is 14.2 Å². The van der Waals surface area contributed by atoms with Crippen molar-refractivity contribution in [3.63, 3.8) is 0 Å². The van der Waals surface area contributed by atoms with Crippen LogP contribution in [0.5, 0.6) is 0 Å². The number of hydrogen-bond acceptors (Lipinski definition) is 8. The van der Waals surface area contributed by atoms with Gasteiger partial charge in [-0.15, -0.1) is 0 Å². The molecule has 0 saturated carbocycles. The lowest BCUT2D eigenvalue weighted by molar-refractivity contribution is 0.0479. The van der Waals surface area contributed by atoms with Gasteiger partial charge in [-0.3, -0.25) is 0 Å². The number of hydrogen-bond donors (Lipinski definition) is 2. The average Bonchev–Trinajstić information content (AvgIpc) is 2.64.